The molecule has 3 heterocycles. The fourth-order valence-electron chi connectivity index (χ4n) is 2.94. The van der Waals surface area contributed by atoms with E-state index < -0.39 is 0 Å². The van der Waals surface area contributed by atoms with Gasteiger partial charge in [-0.05, 0) is 12.8 Å². The van der Waals surface area contributed by atoms with E-state index in [1.807, 2.05) is 19.2 Å². The molecule has 1 fully saturated rings. The minimum atomic E-state index is 0.670. The molecule has 1 aliphatic heterocycles. The highest BCUT2D eigenvalue weighted by molar-refractivity contribution is 5.86. The van der Waals surface area contributed by atoms with E-state index in [0.717, 1.165) is 42.6 Å². The minimum Gasteiger partial charge on any atom is -0.355 e. The maximum Gasteiger partial charge on any atom is 0.208 e. The molecular weight excluding hydrogens is 276 g/mol. The summed E-state index contributed by atoms with van der Waals surface area (Å²) in [5, 5.41) is 0. The second-order valence-electron chi connectivity index (χ2n) is 5.54. The molecule has 6 nitrogen and oxygen atoms in total. The Labute approximate surface area is 130 Å². The van der Waals surface area contributed by atoms with Crippen LogP contribution in [-0.4, -0.2) is 46.2 Å². The molecule has 0 amide bonds. The summed E-state index contributed by atoms with van der Waals surface area (Å²) in [6.07, 6.45) is 7.79. The van der Waals surface area contributed by atoms with Crippen molar-refractivity contribution in [2.45, 2.75) is 19.4 Å². The summed E-state index contributed by atoms with van der Waals surface area (Å²) >= 11 is 0. The number of hydrogen-bond donors (Lipinski definition) is 0. The predicted octanol–water partition coefficient (Wildman–Crippen LogP) is 2.23. The van der Waals surface area contributed by atoms with Crippen LogP contribution in [0.25, 0.3) is 11.2 Å². The monoisotopic (exact) mass is 298 g/mol. The van der Waals surface area contributed by atoms with Gasteiger partial charge in [-0.2, -0.15) is 0 Å². The van der Waals surface area contributed by atoms with Gasteiger partial charge in [0, 0.05) is 33.2 Å². The number of hydrogen-bond acceptors (Lipinski definition) is 5. The third-order valence-corrected chi connectivity index (χ3v) is 3.95. The number of likely N-dealkylation sites (N-methyl/N-ethyl adjacent to an activating group) is 1. The Hall–Kier alpha value is -2.37. The molecular formula is C16H22N6. The average molecular weight is 298 g/mol. The van der Waals surface area contributed by atoms with Crippen LogP contribution in [0, 0.1) is 0 Å². The lowest BCUT2D eigenvalue weighted by Gasteiger charge is -2.16. The number of allylic oxidation sites excluding steroid dienone is 1. The van der Waals surface area contributed by atoms with Crippen LogP contribution >= 0.6 is 0 Å². The van der Waals surface area contributed by atoms with E-state index >= 15 is 0 Å². The molecule has 0 radical (unpaired) electrons. The van der Waals surface area contributed by atoms with Gasteiger partial charge in [0.05, 0.1) is 0 Å². The second-order valence-corrected chi connectivity index (χ2v) is 5.54. The Kier molecular flexibility index (Phi) is 4.09. The number of aromatic nitrogens is 4. The van der Waals surface area contributed by atoms with Crippen LogP contribution in [0.5, 0.6) is 0 Å². The molecule has 6 heteroatoms. The minimum absolute atomic E-state index is 0.670. The zero-order valence-electron chi connectivity index (χ0n) is 13.1. The van der Waals surface area contributed by atoms with Crippen molar-refractivity contribution in [2.75, 3.05) is 36.5 Å². The molecule has 3 rings (SSSR count). The SMILES string of the molecule is C=CCN(C)c1nc2c(N3CCCC3)ncnc2n1CC=C. The normalized spacial score (nSPS) is 14.5. The molecule has 2 aromatic heterocycles. The smallest absolute Gasteiger partial charge is 0.208 e. The number of rotatable bonds is 6. The maximum atomic E-state index is 4.82. The van der Waals surface area contributed by atoms with Crippen LogP contribution in [-0.2, 0) is 6.54 Å². The van der Waals surface area contributed by atoms with E-state index in [2.05, 4.69) is 37.5 Å². The van der Waals surface area contributed by atoms with Crippen LogP contribution in [0.4, 0.5) is 11.8 Å². The quantitative estimate of drug-likeness (QED) is 0.766. The van der Waals surface area contributed by atoms with Crippen molar-refractivity contribution in [1.29, 1.82) is 0 Å². The van der Waals surface area contributed by atoms with E-state index in [-0.39, 0.29) is 0 Å². The molecule has 0 atom stereocenters. The van der Waals surface area contributed by atoms with Gasteiger partial charge in [-0.25, -0.2) is 15.0 Å². The molecule has 116 valence electrons. The summed E-state index contributed by atoms with van der Waals surface area (Å²) in [5.74, 6) is 1.81. The van der Waals surface area contributed by atoms with Crippen molar-refractivity contribution in [1.82, 2.24) is 19.5 Å². The molecule has 2 aromatic rings. The fourth-order valence-corrected chi connectivity index (χ4v) is 2.94. The summed E-state index contributed by atoms with van der Waals surface area (Å²) in [6, 6.07) is 0. The first-order valence-corrected chi connectivity index (χ1v) is 7.65. The van der Waals surface area contributed by atoms with Crippen molar-refractivity contribution >= 4 is 22.9 Å². The topological polar surface area (TPSA) is 50.1 Å². The molecule has 0 spiro atoms. The molecule has 0 saturated carbocycles. The lowest BCUT2D eigenvalue weighted by molar-refractivity contribution is 0.798. The molecule has 0 aromatic carbocycles. The predicted molar refractivity (Wildman–Crippen MR) is 90.4 cm³/mol. The largest absolute Gasteiger partial charge is 0.355 e. The molecule has 1 saturated heterocycles. The lowest BCUT2D eigenvalue weighted by atomic mass is 10.4. The van der Waals surface area contributed by atoms with Gasteiger partial charge in [0.2, 0.25) is 5.95 Å². The van der Waals surface area contributed by atoms with E-state index in [1.54, 1.807) is 6.33 Å². The van der Waals surface area contributed by atoms with Gasteiger partial charge in [0.25, 0.3) is 0 Å². The molecule has 1 aliphatic rings. The van der Waals surface area contributed by atoms with Crippen LogP contribution < -0.4 is 9.80 Å². The van der Waals surface area contributed by atoms with Crippen molar-refractivity contribution in [3.8, 4) is 0 Å². The molecule has 0 aliphatic carbocycles. The Morgan fingerprint density at radius 1 is 1.23 bits per heavy atom. The summed E-state index contributed by atoms with van der Waals surface area (Å²) in [5.41, 5.74) is 1.74. The Balaban J connectivity index is 2.14. The van der Waals surface area contributed by atoms with Crippen LogP contribution in [0.1, 0.15) is 12.8 Å². The zero-order valence-corrected chi connectivity index (χ0v) is 13.1. The Morgan fingerprint density at radius 3 is 2.68 bits per heavy atom. The molecule has 0 bridgehead atoms. The van der Waals surface area contributed by atoms with E-state index in [1.165, 1.54) is 12.8 Å². The second kappa shape index (κ2) is 6.17. The number of anilines is 2. The number of fused-ring (bicyclic) bond motifs is 1. The average Bonchev–Trinajstić information content (AvgIpc) is 3.16. The molecule has 0 N–H and O–H groups in total. The first-order valence-electron chi connectivity index (χ1n) is 7.65. The standard InChI is InChI=1S/C16H22N6/c1-4-8-20(3)16-19-13-14(21-10-6-7-11-21)17-12-18-15(13)22(16)9-5-2/h4-5,12H,1-2,6-11H2,3H3. The number of imidazole rings is 1. The van der Waals surface area contributed by atoms with Crippen molar-refractivity contribution in [3.05, 3.63) is 31.6 Å². The molecule has 22 heavy (non-hydrogen) atoms. The van der Waals surface area contributed by atoms with Crippen LogP contribution in [0.3, 0.4) is 0 Å². The van der Waals surface area contributed by atoms with Gasteiger partial charge in [-0.15, -0.1) is 13.2 Å². The van der Waals surface area contributed by atoms with Gasteiger partial charge in [0.15, 0.2) is 17.0 Å². The summed E-state index contributed by atoms with van der Waals surface area (Å²) < 4.78 is 2.08. The third-order valence-electron chi connectivity index (χ3n) is 3.95. The summed E-state index contributed by atoms with van der Waals surface area (Å²) in [6.45, 7) is 11.1. The fraction of sp³-hybridized carbons (Fsp3) is 0.438. The van der Waals surface area contributed by atoms with E-state index in [9.17, 15) is 0 Å². The highest BCUT2D eigenvalue weighted by Gasteiger charge is 2.22. The highest BCUT2D eigenvalue weighted by atomic mass is 15.3. The maximum absolute atomic E-state index is 4.82. The number of nitrogens with zero attached hydrogens (tertiary/aromatic N) is 6. The first-order chi connectivity index (χ1) is 10.8. The van der Waals surface area contributed by atoms with Gasteiger partial charge >= 0.3 is 0 Å². The van der Waals surface area contributed by atoms with Crippen LogP contribution in [0.2, 0.25) is 0 Å². The van der Waals surface area contributed by atoms with Gasteiger partial charge in [0.1, 0.15) is 6.33 Å². The van der Waals surface area contributed by atoms with Crippen LogP contribution in [0.15, 0.2) is 31.6 Å². The van der Waals surface area contributed by atoms with Gasteiger partial charge in [-0.1, -0.05) is 12.2 Å². The first kappa shape index (κ1) is 14.6. The van der Waals surface area contributed by atoms with E-state index in [0.29, 0.717) is 6.54 Å². The van der Waals surface area contributed by atoms with Gasteiger partial charge in [-0.3, -0.25) is 4.57 Å². The summed E-state index contributed by atoms with van der Waals surface area (Å²) in [4.78, 5) is 18.1. The van der Waals surface area contributed by atoms with E-state index in [4.69, 9.17) is 4.98 Å². The summed E-state index contributed by atoms with van der Waals surface area (Å²) in [7, 11) is 2.01. The highest BCUT2D eigenvalue weighted by Crippen LogP contribution is 2.28. The Bertz CT molecular complexity index is 683. The molecule has 0 unspecified atom stereocenters. The van der Waals surface area contributed by atoms with Crippen molar-refractivity contribution in [3.63, 3.8) is 0 Å². The third kappa shape index (κ3) is 2.45. The zero-order chi connectivity index (χ0) is 15.5. The lowest BCUT2D eigenvalue weighted by Crippen LogP contribution is -2.21. The van der Waals surface area contributed by atoms with Crippen molar-refractivity contribution < 1.29 is 0 Å². The van der Waals surface area contributed by atoms with Crippen molar-refractivity contribution in [2.24, 2.45) is 0 Å². The Morgan fingerprint density at radius 2 is 2.00 bits per heavy atom. The van der Waals surface area contributed by atoms with Gasteiger partial charge < -0.3 is 9.80 Å².